The molecule has 1 N–H and O–H groups in total. The highest BCUT2D eigenvalue weighted by Gasteiger charge is 2.40. The Hall–Kier alpha value is -3.38. The summed E-state index contributed by atoms with van der Waals surface area (Å²) in [7, 11) is -2.54. The Morgan fingerprint density at radius 3 is 2.44 bits per heavy atom. The highest BCUT2D eigenvalue weighted by atomic mass is 32.2. The van der Waals surface area contributed by atoms with Gasteiger partial charge in [-0.05, 0) is 42.0 Å². The number of carbonyl (C=O) groups is 1. The molecule has 0 saturated carbocycles. The van der Waals surface area contributed by atoms with E-state index in [0.29, 0.717) is 16.8 Å². The van der Waals surface area contributed by atoms with Crippen LogP contribution in [-0.2, 0) is 21.2 Å². The van der Waals surface area contributed by atoms with Crippen molar-refractivity contribution in [1.82, 2.24) is 5.32 Å². The van der Waals surface area contributed by atoms with Gasteiger partial charge in [0.05, 0.1) is 11.7 Å². The summed E-state index contributed by atoms with van der Waals surface area (Å²) in [5.41, 5.74) is 4.70. The zero-order valence-electron chi connectivity index (χ0n) is 17.8. The van der Waals surface area contributed by atoms with E-state index in [1.54, 1.807) is 12.1 Å². The average Bonchev–Trinajstić information content (AvgIpc) is 2.82. The van der Waals surface area contributed by atoms with Crippen molar-refractivity contribution in [3.8, 4) is 0 Å². The van der Waals surface area contributed by atoms with E-state index in [9.17, 15) is 13.2 Å². The van der Waals surface area contributed by atoms with Crippen molar-refractivity contribution in [3.05, 3.63) is 106 Å². The van der Waals surface area contributed by atoms with Crippen LogP contribution < -0.4 is 9.62 Å². The standard InChI is InChI=1S/C26H24N2O3S/c1-28-23-17-8-7-15-21(23)24(19-11-3-2-4-12-19)25(32(28,30)31)26(29)27-22-16-9-13-18-10-5-6-14-20(18)22/h2-8,10-12,14-15,17,22H,9,13,16H2,1H3,(H,27,29). The van der Waals surface area contributed by atoms with Gasteiger partial charge in [0.15, 0.2) is 4.91 Å². The number of rotatable bonds is 3. The van der Waals surface area contributed by atoms with E-state index in [4.69, 9.17) is 0 Å². The summed E-state index contributed by atoms with van der Waals surface area (Å²) in [6, 6.07) is 24.4. The smallest absolute Gasteiger partial charge is 0.270 e. The number of anilines is 1. The topological polar surface area (TPSA) is 66.5 Å². The number of benzene rings is 3. The molecule has 1 aliphatic carbocycles. The Kier molecular flexibility index (Phi) is 5.10. The largest absolute Gasteiger partial charge is 0.345 e. The molecular weight excluding hydrogens is 420 g/mol. The highest BCUT2D eigenvalue weighted by Crippen LogP contribution is 2.42. The summed E-state index contributed by atoms with van der Waals surface area (Å²) >= 11 is 0. The SMILES string of the molecule is CN1c2ccccc2C(c2ccccc2)=C(C(=O)NC2CCCc3ccccc32)S1(=O)=O. The maximum absolute atomic E-state index is 13.7. The highest BCUT2D eigenvalue weighted by molar-refractivity contribution is 7.97. The van der Waals surface area contributed by atoms with E-state index in [1.165, 1.54) is 16.9 Å². The number of hydrogen-bond donors (Lipinski definition) is 1. The van der Waals surface area contributed by atoms with Crippen molar-refractivity contribution < 1.29 is 13.2 Å². The molecule has 3 aromatic rings. The van der Waals surface area contributed by atoms with E-state index >= 15 is 0 Å². The fraction of sp³-hybridized carbons (Fsp3) is 0.192. The number of fused-ring (bicyclic) bond motifs is 2. The summed E-state index contributed by atoms with van der Waals surface area (Å²) in [6.07, 6.45) is 2.69. The van der Waals surface area contributed by atoms with Crippen molar-refractivity contribution in [2.45, 2.75) is 25.3 Å². The van der Waals surface area contributed by atoms with Crippen LogP contribution in [0.5, 0.6) is 0 Å². The first-order valence-electron chi connectivity index (χ1n) is 10.7. The summed E-state index contributed by atoms with van der Waals surface area (Å²) in [6.45, 7) is 0. The summed E-state index contributed by atoms with van der Waals surface area (Å²) in [5, 5.41) is 3.05. The van der Waals surface area contributed by atoms with Crippen molar-refractivity contribution in [3.63, 3.8) is 0 Å². The molecule has 0 aromatic heterocycles. The lowest BCUT2D eigenvalue weighted by Gasteiger charge is -2.32. The van der Waals surface area contributed by atoms with Crippen molar-refractivity contribution >= 4 is 27.2 Å². The first-order valence-corrected chi connectivity index (χ1v) is 12.2. The van der Waals surface area contributed by atoms with Gasteiger partial charge in [0.25, 0.3) is 15.9 Å². The van der Waals surface area contributed by atoms with Crippen LogP contribution in [0.2, 0.25) is 0 Å². The second-order valence-corrected chi connectivity index (χ2v) is 10.1. The van der Waals surface area contributed by atoms with Crippen LogP contribution in [0.1, 0.15) is 41.1 Å². The number of carbonyl (C=O) groups excluding carboxylic acids is 1. The zero-order chi connectivity index (χ0) is 22.3. The lowest BCUT2D eigenvalue weighted by molar-refractivity contribution is -0.117. The Balaban J connectivity index is 1.67. The van der Waals surface area contributed by atoms with E-state index in [0.717, 1.165) is 30.4 Å². The number of amides is 1. The van der Waals surface area contributed by atoms with Gasteiger partial charge in [0, 0.05) is 18.2 Å². The van der Waals surface area contributed by atoms with E-state index in [2.05, 4.69) is 11.4 Å². The minimum atomic E-state index is -4.04. The van der Waals surface area contributed by atoms with Crippen molar-refractivity contribution in [2.24, 2.45) is 0 Å². The Morgan fingerprint density at radius 1 is 0.938 bits per heavy atom. The molecule has 5 rings (SSSR count). The molecule has 3 aromatic carbocycles. The normalized spacial score (nSPS) is 19.2. The molecule has 0 spiro atoms. The molecule has 0 saturated heterocycles. The van der Waals surface area contributed by atoms with Crippen molar-refractivity contribution in [2.75, 3.05) is 11.4 Å². The molecule has 0 fully saturated rings. The molecule has 1 amide bonds. The van der Waals surface area contributed by atoms with Gasteiger partial charge in [-0.1, -0.05) is 72.8 Å². The summed E-state index contributed by atoms with van der Waals surface area (Å²) < 4.78 is 28.4. The molecule has 162 valence electrons. The van der Waals surface area contributed by atoms with Crippen LogP contribution in [0, 0.1) is 0 Å². The molecule has 1 aliphatic heterocycles. The third-order valence-corrected chi connectivity index (χ3v) is 8.12. The average molecular weight is 445 g/mol. The van der Waals surface area contributed by atoms with Gasteiger partial charge >= 0.3 is 0 Å². The van der Waals surface area contributed by atoms with Crippen molar-refractivity contribution in [1.29, 1.82) is 0 Å². The predicted octanol–water partition coefficient (Wildman–Crippen LogP) is 4.42. The Morgan fingerprint density at radius 2 is 1.62 bits per heavy atom. The maximum Gasteiger partial charge on any atom is 0.270 e. The third-order valence-electron chi connectivity index (χ3n) is 6.30. The Labute approximate surface area is 188 Å². The summed E-state index contributed by atoms with van der Waals surface area (Å²) in [4.78, 5) is 13.5. The molecule has 1 atom stereocenters. The molecule has 32 heavy (non-hydrogen) atoms. The molecule has 1 unspecified atom stereocenters. The van der Waals surface area contributed by atoms with Crippen LogP contribution in [0.15, 0.2) is 83.8 Å². The minimum absolute atomic E-state index is 0.201. The second kappa shape index (κ2) is 7.95. The van der Waals surface area contributed by atoms with E-state index in [-0.39, 0.29) is 10.9 Å². The fourth-order valence-electron chi connectivity index (χ4n) is 4.73. The molecule has 1 heterocycles. The number of nitrogens with zero attached hydrogens (tertiary/aromatic N) is 1. The number of aryl methyl sites for hydroxylation is 1. The van der Waals surface area contributed by atoms with Gasteiger partial charge in [-0.15, -0.1) is 0 Å². The van der Waals surface area contributed by atoms with Gasteiger partial charge in [0.2, 0.25) is 0 Å². The van der Waals surface area contributed by atoms with Crippen LogP contribution in [0.3, 0.4) is 0 Å². The lowest BCUT2D eigenvalue weighted by Crippen LogP contribution is -2.41. The molecule has 0 radical (unpaired) electrons. The zero-order valence-corrected chi connectivity index (χ0v) is 18.6. The van der Waals surface area contributed by atoms with Gasteiger partial charge < -0.3 is 5.32 Å². The number of hydrogen-bond acceptors (Lipinski definition) is 3. The molecule has 0 bridgehead atoms. The van der Waals surface area contributed by atoms with Crippen LogP contribution in [0.4, 0.5) is 5.69 Å². The first-order chi connectivity index (χ1) is 15.5. The minimum Gasteiger partial charge on any atom is -0.345 e. The van der Waals surface area contributed by atoms with E-state index < -0.39 is 15.9 Å². The third kappa shape index (κ3) is 3.31. The quantitative estimate of drug-likeness (QED) is 0.650. The van der Waals surface area contributed by atoms with E-state index in [1.807, 2.05) is 60.7 Å². The van der Waals surface area contributed by atoms with Gasteiger partial charge in [-0.3, -0.25) is 9.10 Å². The monoisotopic (exact) mass is 444 g/mol. The van der Waals surface area contributed by atoms with Gasteiger partial charge in [-0.25, -0.2) is 8.42 Å². The number of nitrogens with one attached hydrogen (secondary N) is 1. The fourth-order valence-corrected chi connectivity index (χ4v) is 6.20. The maximum atomic E-state index is 13.7. The number of para-hydroxylation sites is 1. The summed E-state index contributed by atoms with van der Waals surface area (Å²) in [5.74, 6) is -0.563. The van der Waals surface area contributed by atoms with Crippen LogP contribution in [0.25, 0.3) is 5.57 Å². The lowest BCUT2D eigenvalue weighted by atomic mass is 9.87. The Bertz CT molecular complexity index is 1330. The molecule has 5 nitrogen and oxygen atoms in total. The second-order valence-electron chi connectivity index (χ2n) is 8.18. The van der Waals surface area contributed by atoms with Gasteiger partial charge in [-0.2, -0.15) is 0 Å². The predicted molar refractivity (Wildman–Crippen MR) is 126 cm³/mol. The number of sulfonamides is 1. The first kappa shape index (κ1) is 20.5. The molecule has 2 aliphatic rings. The van der Waals surface area contributed by atoms with Gasteiger partial charge in [0.1, 0.15) is 0 Å². The molecule has 6 heteroatoms. The van der Waals surface area contributed by atoms with Crippen LogP contribution in [-0.4, -0.2) is 21.4 Å². The van der Waals surface area contributed by atoms with Crippen LogP contribution >= 0.6 is 0 Å². The molecular formula is C26H24N2O3S.